The van der Waals surface area contributed by atoms with Crippen LogP contribution < -0.4 is 22.3 Å². The van der Waals surface area contributed by atoms with Crippen LogP contribution in [0.2, 0.25) is 0 Å². The molecule has 0 amide bonds. The van der Waals surface area contributed by atoms with E-state index in [1.165, 1.54) is 30.8 Å². The van der Waals surface area contributed by atoms with E-state index < -0.39 is 17.1 Å². The summed E-state index contributed by atoms with van der Waals surface area (Å²) in [6.07, 6.45) is 0. The summed E-state index contributed by atoms with van der Waals surface area (Å²) in [6.45, 7) is 0.0728. The van der Waals surface area contributed by atoms with E-state index >= 15 is 0 Å². The maximum atomic E-state index is 14.0. The van der Waals surface area contributed by atoms with Crippen LogP contribution in [0.5, 0.6) is 0 Å². The summed E-state index contributed by atoms with van der Waals surface area (Å²) in [6, 6.07) is 4.19. The van der Waals surface area contributed by atoms with Crippen molar-refractivity contribution >= 4 is 32.8 Å². The third kappa shape index (κ3) is 2.63. The third-order valence-corrected chi connectivity index (χ3v) is 5.02. The molecule has 2 aromatic heterocycles. The molecule has 0 saturated carbocycles. The molecular formula is C17H17BrFN5O2. The Balaban J connectivity index is 2.69. The number of nitrogens with two attached hydrogens (primary N) is 1. The first-order valence-electron chi connectivity index (χ1n) is 7.77. The number of hydrogen-bond donors (Lipinski definition) is 2. The monoisotopic (exact) mass is 421 g/mol. The molecule has 3 rings (SSSR count). The highest BCUT2D eigenvalue weighted by molar-refractivity contribution is 9.10. The van der Waals surface area contributed by atoms with Gasteiger partial charge in [0.05, 0.1) is 5.39 Å². The Labute approximate surface area is 156 Å². The number of aromatic nitrogens is 3. The van der Waals surface area contributed by atoms with Crippen LogP contribution in [0, 0.1) is 5.82 Å². The third-order valence-electron chi connectivity index (χ3n) is 4.33. The normalized spacial score (nSPS) is 11.2. The van der Waals surface area contributed by atoms with Gasteiger partial charge in [-0.1, -0.05) is 15.9 Å². The van der Waals surface area contributed by atoms with E-state index in [1.54, 1.807) is 13.1 Å². The highest BCUT2D eigenvalue weighted by atomic mass is 79.9. The van der Waals surface area contributed by atoms with Gasteiger partial charge in [0.15, 0.2) is 5.65 Å². The van der Waals surface area contributed by atoms with Crippen molar-refractivity contribution in [2.75, 3.05) is 12.4 Å². The van der Waals surface area contributed by atoms with Crippen molar-refractivity contribution in [1.82, 2.24) is 14.1 Å². The number of halogens is 2. The molecule has 1 aromatic carbocycles. The van der Waals surface area contributed by atoms with Crippen molar-refractivity contribution in [1.29, 1.82) is 0 Å². The summed E-state index contributed by atoms with van der Waals surface area (Å²) in [5.74, 6) is -0.0294. The van der Waals surface area contributed by atoms with Gasteiger partial charge in [0.25, 0.3) is 5.56 Å². The number of fused-ring (bicyclic) bond motifs is 1. The van der Waals surface area contributed by atoms with Gasteiger partial charge in [0.1, 0.15) is 11.6 Å². The summed E-state index contributed by atoms with van der Waals surface area (Å²) in [5.41, 5.74) is 6.59. The van der Waals surface area contributed by atoms with Crippen LogP contribution in [0.15, 0.2) is 32.3 Å². The highest BCUT2D eigenvalue weighted by Crippen LogP contribution is 2.37. The van der Waals surface area contributed by atoms with E-state index in [0.717, 1.165) is 4.57 Å². The Morgan fingerprint density at radius 1 is 1.27 bits per heavy atom. The van der Waals surface area contributed by atoms with Crippen molar-refractivity contribution in [3.63, 3.8) is 0 Å². The predicted octanol–water partition coefficient (Wildman–Crippen LogP) is 1.70. The van der Waals surface area contributed by atoms with Crippen molar-refractivity contribution in [2.24, 2.45) is 19.8 Å². The topological polar surface area (TPSA) is 94.9 Å². The minimum Gasteiger partial charge on any atom is -0.373 e. The number of anilines is 1. The highest BCUT2D eigenvalue weighted by Gasteiger charge is 2.22. The standard InChI is InChI=1S/C17H17BrFN5O2/c1-21-14-10(7-20)12(9-6-8(19)4-5-11(9)18)13-15(22-14)23(2)17(26)24(3)16(13)25/h4-6H,7,20H2,1-3H3,(H,21,22). The Hall–Kier alpha value is -2.52. The number of rotatable bonds is 3. The zero-order valence-electron chi connectivity index (χ0n) is 14.4. The fraction of sp³-hybridized carbons (Fsp3) is 0.235. The van der Waals surface area contributed by atoms with Gasteiger partial charge >= 0.3 is 5.69 Å². The summed E-state index contributed by atoms with van der Waals surface area (Å²) in [7, 11) is 4.59. The van der Waals surface area contributed by atoms with Crippen LogP contribution in [0.3, 0.4) is 0 Å². The van der Waals surface area contributed by atoms with Crippen molar-refractivity contribution in [3.05, 3.63) is 54.9 Å². The lowest BCUT2D eigenvalue weighted by Gasteiger charge is -2.18. The second-order valence-corrected chi connectivity index (χ2v) is 6.65. The van der Waals surface area contributed by atoms with Gasteiger partial charge in [0, 0.05) is 48.9 Å². The predicted molar refractivity (Wildman–Crippen MR) is 103 cm³/mol. The lowest BCUT2D eigenvalue weighted by atomic mass is 9.97. The Morgan fingerprint density at radius 3 is 2.58 bits per heavy atom. The molecule has 0 unspecified atom stereocenters. The molecule has 3 aromatic rings. The zero-order chi connectivity index (χ0) is 19.2. The quantitative estimate of drug-likeness (QED) is 0.670. The first-order valence-corrected chi connectivity index (χ1v) is 8.57. The molecule has 0 aliphatic heterocycles. The average molecular weight is 422 g/mol. The number of aryl methyl sites for hydroxylation is 1. The molecule has 7 nitrogen and oxygen atoms in total. The minimum atomic E-state index is -0.515. The molecule has 0 atom stereocenters. The van der Waals surface area contributed by atoms with Gasteiger partial charge in [-0.2, -0.15) is 0 Å². The van der Waals surface area contributed by atoms with Crippen molar-refractivity contribution < 1.29 is 4.39 Å². The molecule has 2 heterocycles. The van der Waals surface area contributed by atoms with Gasteiger partial charge < -0.3 is 11.1 Å². The molecule has 0 aliphatic carbocycles. The van der Waals surface area contributed by atoms with Crippen LogP contribution in [-0.4, -0.2) is 21.2 Å². The molecule has 9 heteroatoms. The van der Waals surface area contributed by atoms with Crippen LogP contribution in [-0.2, 0) is 20.6 Å². The Morgan fingerprint density at radius 2 is 1.96 bits per heavy atom. The number of nitrogens with zero attached hydrogens (tertiary/aromatic N) is 3. The van der Waals surface area contributed by atoms with Crippen LogP contribution in [0.1, 0.15) is 5.56 Å². The van der Waals surface area contributed by atoms with Crippen molar-refractivity contribution in [2.45, 2.75) is 6.54 Å². The average Bonchev–Trinajstić information content (AvgIpc) is 2.64. The zero-order valence-corrected chi connectivity index (χ0v) is 16.0. The fourth-order valence-corrected chi connectivity index (χ4v) is 3.46. The van der Waals surface area contributed by atoms with E-state index in [2.05, 4.69) is 26.2 Å². The van der Waals surface area contributed by atoms with E-state index in [0.29, 0.717) is 27.0 Å². The smallest absolute Gasteiger partial charge is 0.332 e. The van der Waals surface area contributed by atoms with Crippen LogP contribution >= 0.6 is 15.9 Å². The van der Waals surface area contributed by atoms with Crippen molar-refractivity contribution in [3.8, 4) is 11.1 Å². The van der Waals surface area contributed by atoms with E-state index in [4.69, 9.17) is 5.73 Å². The molecule has 0 saturated heterocycles. The maximum Gasteiger partial charge on any atom is 0.332 e. The summed E-state index contributed by atoms with van der Waals surface area (Å²) >= 11 is 3.41. The fourth-order valence-electron chi connectivity index (χ4n) is 3.02. The molecule has 136 valence electrons. The van der Waals surface area contributed by atoms with E-state index in [9.17, 15) is 14.0 Å². The minimum absolute atomic E-state index is 0.0728. The lowest BCUT2D eigenvalue weighted by Crippen LogP contribution is -2.38. The summed E-state index contributed by atoms with van der Waals surface area (Å²) in [4.78, 5) is 29.6. The summed E-state index contributed by atoms with van der Waals surface area (Å²) < 4.78 is 16.8. The molecule has 0 radical (unpaired) electrons. The number of pyridine rings is 1. The molecule has 3 N–H and O–H groups in total. The van der Waals surface area contributed by atoms with Gasteiger partial charge in [-0.15, -0.1) is 0 Å². The molecule has 0 aliphatic rings. The van der Waals surface area contributed by atoms with E-state index in [-0.39, 0.29) is 17.6 Å². The first kappa shape index (κ1) is 18.3. The molecule has 0 bridgehead atoms. The Kier molecular flexibility index (Phi) is 4.68. The molecule has 0 fully saturated rings. The second-order valence-electron chi connectivity index (χ2n) is 5.80. The van der Waals surface area contributed by atoms with Gasteiger partial charge in [0.2, 0.25) is 0 Å². The number of nitrogens with one attached hydrogen (secondary N) is 1. The van der Waals surface area contributed by atoms with Gasteiger partial charge in [-0.3, -0.25) is 13.9 Å². The number of hydrogen-bond acceptors (Lipinski definition) is 5. The largest absolute Gasteiger partial charge is 0.373 e. The first-order chi connectivity index (χ1) is 12.3. The summed E-state index contributed by atoms with van der Waals surface area (Å²) in [5, 5.41) is 3.15. The second kappa shape index (κ2) is 6.65. The van der Waals surface area contributed by atoms with Gasteiger partial charge in [-0.25, -0.2) is 14.2 Å². The lowest BCUT2D eigenvalue weighted by molar-refractivity contribution is 0.628. The molecule has 0 spiro atoms. The van der Waals surface area contributed by atoms with Gasteiger partial charge in [-0.05, 0) is 18.2 Å². The SMILES string of the molecule is CNc1nc2c(c(-c3cc(F)ccc3Br)c1CN)c(=O)n(C)c(=O)n2C. The number of benzene rings is 1. The molecular weight excluding hydrogens is 405 g/mol. The van der Waals surface area contributed by atoms with E-state index in [1.807, 2.05) is 0 Å². The Bertz CT molecular complexity index is 1150. The maximum absolute atomic E-state index is 14.0. The van der Waals surface area contributed by atoms with Crippen LogP contribution in [0.4, 0.5) is 10.2 Å². The molecule has 26 heavy (non-hydrogen) atoms. The van der Waals surface area contributed by atoms with Crippen LogP contribution in [0.25, 0.3) is 22.2 Å².